The van der Waals surface area contributed by atoms with Gasteiger partial charge in [-0.05, 0) is 73.7 Å². The monoisotopic (exact) mass is 512 g/mol. The lowest BCUT2D eigenvalue weighted by Crippen LogP contribution is -2.33. The van der Waals surface area contributed by atoms with Gasteiger partial charge in [-0.1, -0.05) is 109 Å². The number of benzene rings is 2. The van der Waals surface area contributed by atoms with E-state index in [1.165, 1.54) is 24.0 Å². The SMILES string of the molecule is CC.CC.CC.CC/C=C(\C=C/Cc1cc(C(=O)NCCN2CCCC2)ccc1Cl)c1ccccc1. The van der Waals surface area contributed by atoms with E-state index in [0.717, 1.165) is 31.6 Å². The van der Waals surface area contributed by atoms with Crippen molar-refractivity contribution >= 4 is 23.1 Å². The second kappa shape index (κ2) is 21.9. The Morgan fingerprint density at radius 1 is 0.944 bits per heavy atom. The number of amides is 1. The average Bonchev–Trinajstić information content (AvgIpc) is 3.46. The van der Waals surface area contributed by atoms with Gasteiger partial charge in [0.15, 0.2) is 0 Å². The molecular weight excluding hydrogens is 464 g/mol. The highest BCUT2D eigenvalue weighted by molar-refractivity contribution is 6.31. The van der Waals surface area contributed by atoms with Crippen LogP contribution in [0, 0.1) is 0 Å². The van der Waals surface area contributed by atoms with Crippen molar-refractivity contribution < 1.29 is 4.79 Å². The molecule has 2 aromatic carbocycles. The van der Waals surface area contributed by atoms with E-state index in [9.17, 15) is 4.79 Å². The summed E-state index contributed by atoms with van der Waals surface area (Å²) < 4.78 is 0. The number of halogens is 1. The lowest BCUT2D eigenvalue weighted by atomic mass is 10.0. The van der Waals surface area contributed by atoms with E-state index in [2.05, 4.69) is 59.6 Å². The summed E-state index contributed by atoms with van der Waals surface area (Å²) in [5.74, 6) is -0.0352. The topological polar surface area (TPSA) is 32.3 Å². The van der Waals surface area contributed by atoms with Gasteiger partial charge < -0.3 is 10.2 Å². The van der Waals surface area contributed by atoms with Crippen molar-refractivity contribution in [2.24, 2.45) is 0 Å². The largest absolute Gasteiger partial charge is 0.351 e. The minimum Gasteiger partial charge on any atom is -0.351 e. The van der Waals surface area contributed by atoms with Crippen LogP contribution in [-0.2, 0) is 6.42 Å². The molecule has 0 aliphatic carbocycles. The van der Waals surface area contributed by atoms with E-state index in [0.29, 0.717) is 23.6 Å². The predicted molar refractivity (Wildman–Crippen MR) is 161 cm³/mol. The van der Waals surface area contributed by atoms with Crippen LogP contribution in [0.2, 0.25) is 5.02 Å². The second-order valence-corrected chi connectivity index (χ2v) is 8.06. The van der Waals surface area contributed by atoms with Gasteiger partial charge in [-0.2, -0.15) is 0 Å². The lowest BCUT2D eigenvalue weighted by Gasteiger charge is -2.15. The average molecular weight is 513 g/mol. The quantitative estimate of drug-likeness (QED) is 0.340. The molecule has 1 heterocycles. The van der Waals surface area contributed by atoms with Crippen LogP contribution in [0.4, 0.5) is 0 Å². The predicted octanol–water partition coefficient (Wildman–Crippen LogP) is 8.84. The second-order valence-electron chi connectivity index (χ2n) is 7.65. The molecule has 0 saturated carbocycles. The summed E-state index contributed by atoms with van der Waals surface area (Å²) >= 11 is 6.40. The van der Waals surface area contributed by atoms with E-state index < -0.39 is 0 Å². The molecule has 2 aromatic rings. The van der Waals surface area contributed by atoms with Gasteiger partial charge >= 0.3 is 0 Å². The molecule has 0 bridgehead atoms. The third-order valence-electron chi connectivity index (χ3n) is 5.39. The van der Waals surface area contributed by atoms with E-state index in [4.69, 9.17) is 11.6 Å². The van der Waals surface area contributed by atoms with Crippen LogP contribution in [-0.4, -0.2) is 37.0 Å². The van der Waals surface area contributed by atoms with Crippen molar-refractivity contribution in [2.45, 2.75) is 74.1 Å². The van der Waals surface area contributed by atoms with Crippen LogP contribution in [0.3, 0.4) is 0 Å². The maximum Gasteiger partial charge on any atom is 0.251 e. The number of allylic oxidation sites excluding steroid dienone is 4. The number of carbonyl (C=O) groups excluding carboxylic acids is 1. The third kappa shape index (κ3) is 12.6. The summed E-state index contributed by atoms with van der Waals surface area (Å²) in [5, 5.41) is 3.72. The molecule has 36 heavy (non-hydrogen) atoms. The number of nitrogens with zero attached hydrogens (tertiary/aromatic N) is 1. The molecule has 0 atom stereocenters. The Morgan fingerprint density at radius 2 is 1.58 bits per heavy atom. The first kappa shape index (κ1) is 33.6. The van der Waals surface area contributed by atoms with E-state index in [1.54, 1.807) is 6.07 Å². The highest BCUT2D eigenvalue weighted by Gasteiger charge is 2.12. The minimum atomic E-state index is -0.0352. The van der Waals surface area contributed by atoms with Crippen LogP contribution in [0.25, 0.3) is 5.57 Å². The highest BCUT2D eigenvalue weighted by atomic mass is 35.5. The number of likely N-dealkylation sites (tertiary alicyclic amines) is 1. The molecule has 0 aromatic heterocycles. The third-order valence-corrected chi connectivity index (χ3v) is 5.76. The summed E-state index contributed by atoms with van der Waals surface area (Å²) in [4.78, 5) is 14.9. The number of nitrogens with one attached hydrogen (secondary N) is 1. The lowest BCUT2D eigenvalue weighted by molar-refractivity contribution is 0.0949. The fraction of sp³-hybridized carbons (Fsp3) is 0.469. The van der Waals surface area contributed by atoms with Crippen molar-refractivity contribution in [1.82, 2.24) is 10.2 Å². The fourth-order valence-corrected chi connectivity index (χ4v) is 3.95. The van der Waals surface area contributed by atoms with Crippen molar-refractivity contribution in [1.29, 1.82) is 0 Å². The highest BCUT2D eigenvalue weighted by Crippen LogP contribution is 2.21. The normalized spacial score (nSPS) is 13.1. The molecule has 1 N–H and O–H groups in total. The Kier molecular flexibility index (Phi) is 20.5. The minimum absolute atomic E-state index is 0.0352. The zero-order valence-electron chi connectivity index (χ0n) is 23.7. The number of rotatable bonds is 9. The summed E-state index contributed by atoms with van der Waals surface area (Å²) in [6.07, 6.45) is 10.7. The number of hydrogen-bond donors (Lipinski definition) is 1. The van der Waals surface area contributed by atoms with Gasteiger partial charge in [0.05, 0.1) is 0 Å². The Labute approximate surface area is 226 Å². The van der Waals surface area contributed by atoms with Crippen molar-refractivity contribution in [3.8, 4) is 0 Å². The zero-order valence-corrected chi connectivity index (χ0v) is 24.5. The zero-order chi connectivity index (χ0) is 27.2. The first-order valence-corrected chi connectivity index (χ1v) is 14.3. The van der Waals surface area contributed by atoms with E-state index >= 15 is 0 Å². The smallest absolute Gasteiger partial charge is 0.251 e. The standard InChI is InChI=1S/C26H31ClN2O.3C2H6/c1-2-9-21(22-10-4-3-5-11-22)12-8-13-23-20-24(14-15-25(23)27)26(30)28-16-19-29-17-6-7-18-29;3*1-2/h3-5,8-12,14-15,20H,2,6-7,13,16-19H2,1H3,(H,28,30);3*1-2H3/b12-8-,21-9+;;;. The fourth-order valence-electron chi connectivity index (χ4n) is 3.75. The van der Waals surface area contributed by atoms with Gasteiger partial charge in [0.25, 0.3) is 5.91 Å². The first-order chi connectivity index (χ1) is 17.7. The Bertz CT molecular complexity index is 884. The van der Waals surface area contributed by atoms with Gasteiger partial charge in [-0.15, -0.1) is 0 Å². The van der Waals surface area contributed by atoms with Crippen LogP contribution in [0.15, 0.2) is 66.8 Å². The molecule has 1 fully saturated rings. The summed E-state index contributed by atoms with van der Waals surface area (Å²) in [6, 6.07) is 15.9. The Morgan fingerprint density at radius 3 is 2.19 bits per heavy atom. The van der Waals surface area contributed by atoms with E-state index in [1.807, 2.05) is 59.7 Å². The van der Waals surface area contributed by atoms with Gasteiger partial charge in [0, 0.05) is 23.7 Å². The molecule has 1 aliphatic rings. The molecule has 0 spiro atoms. The maximum absolute atomic E-state index is 12.5. The van der Waals surface area contributed by atoms with Crippen LogP contribution >= 0.6 is 11.6 Å². The molecule has 0 unspecified atom stereocenters. The molecule has 4 heteroatoms. The summed E-state index contributed by atoms with van der Waals surface area (Å²) in [7, 11) is 0. The molecule has 1 saturated heterocycles. The van der Waals surface area contributed by atoms with E-state index in [-0.39, 0.29) is 5.91 Å². The van der Waals surface area contributed by atoms with Crippen molar-refractivity contribution in [3.63, 3.8) is 0 Å². The van der Waals surface area contributed by atoms with Gasteiger partial charge in [0.1, 0.15) is 0 Å². The molecule has 1 amide bonds. The van der Waals surface area contributed by atoms with Gasteiger partial charge in [-0.3, -0.25) is 4.79 Å². The van der Waals surface area contributed by atoms with Crippen LogP contribution in [0.1, 0.15) is 89.2 Å². The maximum atomic E-state index is 12.5. The summed E-state index contributed by atoms with van der Waals surface area (Å²) in [6.45, 7) is 18.0. The number of carbonyl (C=O) groups is 1. The first-order valence-electron chi connectivity index (χ1n) is 13.9. The van der Waals surface area contributed by atoms with Gasteiger partial charge in [0.2, 0.25) is 0 Å². The molecule has 0 radical (unpaired) electrons. The number of hydrogen-bond acceptors (Lipinski definition) is 2. The molecule has 1 aliphatic heterocycles. The summed E-state index contributed by atoms with van der Waals surface area (Å²) in [5.41, 5.74) is 4.03. The van der Waals surface area contributed by atoms with Gasteiger partial charge in [-0.25, -0.2) is 0 Å². The molecule has 3 nitrogen and oxygen atoms in total. The van der Waals surface area contributed by atoms with Crippen LogP contribution in [0.5, 0.6) is 0 Å². The van der Waals surface area contributed by atoms with Crippen LogP contribution < -0.4 is 5.32 Å². The van der Waals surface area contributed by atoms with Crippen molar-refractivity contribution in [3.05, 3.63) is 88.5 Å². The van der Waals surface area contributed by atoms with Crippen molar-refractivity contribution in [2.75, 3.05) is 26.2 Å². The Hall–Kier alpha value is -2.36. The molecule has 200 valence electrons. The molecule has 3 rings (SSSR count). The Balaban J connectivity index is 0.00000190. The molecular formula is C32H49ClN2O.